The van der Waals surface area contributed by atoms with Gasteiger partial charge in [0.25, 0.3) is 5.91 Å². The van der Waals surface area contributed by atoms with Crippen LogP contribution in [0.5, 0.6) is 11.5 Å². The summed E-state index contributed by atoms with van der Waals surface area (Å²) in [5.41, 5.74) is 4.29. The average molecular weight is 511 g/mol. The Morgan fingerprint density at radius 3 is 2.22 bits per heavy atom. The molecule has 0 spiro atoms. The van der Waals surface area contributed by atoms with Gasteiger partial charge in [-0.3, -0.25) is 4.79 Å². The molecule has 1 unspecified atom stereocenters. The molecule has 204 valence electrons. The lowest BCUT2D eigenvalue weighted by Gasteiger charge is -2.23. The first-order valence-corrected chi connectivity index (χ1v) is 13.2. The first kappa shape index (κ1) is 31.7. The van der Waals surface area contributed by atoms with Gasteiger partial charge in [-0.05, 0) is 68.0 Å². The average Bonchev–Trinajstić information content (AvgIpc) is 3.27. The number of nitrogens with zero attached hydrogens (tertiary/aromatic N) is 3. The maximum atomic E-state index is 13.3. The monoisotopic (exact) mass is 510 g/mol. The van der Waals surface area contributed by atoms with E-state index in [1.807, 2.05) is 84.9 Å². The van der Waals surface area contributed by atoms with E-state index in [1.54, 1.807) is 11.8 Å². The molecular formula is C30H46N4O3. The maximum Gasteiger partial charge on any atom is 0.278 e. The third-order valence-corrected chi connectivity index (χ3v) is 5.67. The molecule has 3 rings (SSSR count). The highest BCUT2D eigenvalue weighted by molar-refractivity contribution is 6.04. The SMILES string of the molecule is CC.CC.CCC(C)Oc1ccc(C(C)(C)C)cc1NC(=O)c1nnn(-c2cc(C)ccc2OC)c1C. The second-order valence-corrected chi connectivity index (χ2v) is 9.36. The van der Waals surface area contributed by atoms with Gasteiger partial charge in [0.15, 0.2) is 5.69 Å². The Bertz CT molecular complexity index is 1150. The van der Waals surface area contributed by atoms with Crippen molar-refractivity contribution in [3.8, 4) is 17.2 Å². The van der Waals surface area contributed by atoms with Crippen molar-refractivity contribution in [2.45, 2.75) is 94.1 Å². The summed E-state index contributed by atoms with van der Waals surface area (Å²) >= 11 is 0. The Kier molecular flexibility index (Phi) is 12.3. The summed E-state index contributed by atoms with van der Waals surface area (Å²) in [6.07, 6.45) is 0.887. The number of rotatable bonds is 7. The number of ether oxygens (including phenoxy) is 2. The Labute approximate surface area is 223 Å². The van der Waals surface area contributed by atoms with Crippen LogP contribution in [0, 0.1) is 13.8 Å². The number of carbonyl (C=O) groups excluding carboxylic acids is 1. The van der Waals surface area contributed by atoms with Crippen LogP contribution >= 0.6 is 0 Å². The molecule has 0 aliphatic carbocycles. The zero-order valence-electron chi connectivity index (χ0n) is 24.8. The van der Waals surface area contributed by atoms with Gasteiger partial charge in [-0.1, -0.05) is 72.7 Å². The summed E-state index contributed by atoms with van der Waals surface area (Å²) in [6.45, 7) is 22.3. The van der Waals surface area contributed by atoms with E-state index >= 15 is 0 Å². The zero-order valence-corrected chi connectivity index (χ0v) is 24.8. The molecule has 0 aliphatic rings. The Morgan fingerprint density at radius 1 is 1.03 bits per heavy atom. The summed E-state index contributed by atoms with van der Waals surface area (Å²) in [5, 5.41) is 11.4. The molecule has 3 aromatic rings. The van der Waals surface area contributed by atoms with Crippen LogP contribution in [0.15, 0.2) is 36.4 Å². The van der Waals surface area contributed by atoms with E-state index in [0.717, 1.165) is 23.2 Å². The summed E-state index contributed by atoms with van der Waals surface area (Å²) in [7, 11) is 1.61. The molecule has 7 nitrogen and oxygen atoms in total. The van der Waals surface area contributed by atoms with Crippen LogP contribution in [0.4, 0.5) is 5.69 Å². The number of aromatic nitrogens is 3. The molecule has 1 N–H and O–H groups in total. The fourth-order valence-electron chi connectivity index (χ4n) is 3.41. The smallest absolute Gasteiger partial charge is 0.278 e. The largest absolute Gasteiger partial charge is 0.494 e. The van der Waals surface area contributed by atoms with Crippen molar-refractivity contribution in [2.24, 2.45) is 0 Å². The minimum Gasteiger partial charge on any atom is -0.494 e. The first-order chi connectivity index (χ1) is 17.5. The van der Waals surface area contributed by atoms with Gasteiger partial charge in [-0.15, -0.1) is 5.10 Å². The third kappa shape index (κ3) is 8.07. The third-order valence-electron chi connectivity index (χ3n) is 5.67. The van der Waals surface area contributed by atoms with Gasteiger partial charge < -0.3 is 14.8 Å². The topological polar surface area (TPSA) is 78.3 Å². The molecule has 0 fully saturated rings. The number of hydrogen-bond acceptors (Lipinski definition) is 5. The predicted molar refractivity (Wildman–Crippen MR) is 154 cm³/mol. The van der Waals surface area contributed by atoms with Crippen molar-refractivity contribution in [1.82, 2.24) is 15.0 Å². The lowest BCUT2D eigenvalue weighted by atomic mass is 9.87. The molecule has 1 atom stereocenters. The zero-order chi connectivity index (χ0) is 28.3. The minimum absolute atomic E-state index is 0.0255. The van der Waals surface area contributed by atoms with Crippen molar-refractivity contribution >= 4 is 11.6 Å². The maximum absolute atomic E-state index is 13.3. The second kappa shape index (κ2) is 14.4. The van der Waals surface area contributed by atoms with E-state index in [4.69, 9.17) is 9.47 Å². The molecule has 0 radical (unpaired) electrons. The quantitative estimate of drug-likeness (QED) is 0.353. The number of aryl methyl sites for hydroxylation is 1. The Morgan fingerprint density at radius 2 is 1.65 bits per heavy atom. The number of anilines is 1. The number of benzene rings is 2. The number of amides is 1. The van der Waals surface area contributed by atoms with Crippen molar-refractivity contribution in [3.05, 3.63) is 58.9 Å². The highest BCUT2D eigenvalue weighted by Crippen LogP contribution is 2.33. The molecule has 1 aromatic heterocycles. The number of hydrogen-bond donors (Lipinski definition) is 1. The molecule has 37 heavy (non-hydrogen) atoms. The lowest BCUT2D eigenvalue weighted by molar-refractivity contribution is 0.102. The van der Waals surface area contributed by atoms with Gasteiger partial charge in [-0.25, -0.2) is 4.68 Å². The van der Waals surface area contributed by atoms with Crippen LogP contribution in [0.2, 0.25) is 0 Å². The van der Waals surface area contributed by atoms with Crippen LogP contribution in [0.25, 0.3) is 5.69 Å². The standard InChI is InChI=1S/C26H34N4O3.2C2H6/c1-9-17(3)33-22-13-11-19(26(5,6)7)15-20(22)27-25(31)24-18(4)30(29-28-24)21-14-16(2)10-12-23(21)32-8;2*1-2/h10-15,17H,9H2,1-8H3,(H,27,31);2*1-2H3. The number of carbonyl (C=O) groups is 1. The van der Waals surface area contributed by atoms with Crippen LogP contribution in [-0.2, 0) is 5.41 Å². The minimum atomic E-state index is -0.342. The van der Waals surface area contributed by atoms with Crippen molar-refractivity contribution in [1.29, 1.82) is 0 Å². The van der Waals surface area contributed by atoms with E-state index < -0.39 is 0 Å². The molecule has 0 aliphatic heterocycles. The summed E-state index contributed by atoms with van der Waals surface area (Å²) in [6, 6.07) is 11.7. The molecular weight excluding hydrogens is 464 g/mol. The fraction of sp³-hybridized carbons (Fsp3) is 0.500. The van der Waals surface area contributed by atoms with Crippen LogP contribution in [0.3, 0.4) is 0 Å². The molecule has 0 saturated heterocycles. The van der Waals surface area contributed by atoms with Gasteiger partial charge in [-0.2, -0.15) is 0 Å². The summed E-state index contributed by atoms with van der Waals surface area (Å²) in [4.78, 5) is 13.3. The summed E-state index contributed by atoms with van der Waals surface area (Å²) < 4.78 is 13.2. The summed E-state index contributed by atoms with van der Waals surface area (Å²) in [5.74, 6) is 0.948. The lowest BCUT2D eigenvalue weighted by Crippen LogP contribution is -2.18. The molecule has 1 heterocycles. The van der Waals surface area contributed by atoms with E-state index in [-0.39, 0.29) is 23.1 Å². The first-order valence-electron chi connectivity index (χ1n) is 13.2. The van der Waals surface area contributed by atoms with Crippen LogP contribution < -0.4 is 14.8 Å². The van der Waals surface area contributed by atoms with Gasteiger partial charge in [0, 0.05) is 0 Å². The van der Waals surface area contributed by atoms with Gasteiger partial charge in [0.2, 0.25) is 0 Å². The predicted octanol–water partition coefficient (Wildman–Crippen LogP) is 7.67. The number of methoxy groups -OCH3 is 1. The van der Waals surface area contributed by atoms with Gasteiger partial charge >= 0.3 is 0 Å². The van der Waals surface area contributed by atoms with E-state index in [0.29, 0.717) is 22.9 Å². The Balaban J connectivity index is 0.00000163. The van der Waals surface area contributed by atoms with Crippen molar-refractivity contribution < 1.29 is 14.3 Å². The fourth-order valence-corrected chi connectivity index (χ4v) is 3.41. The normalized spacial score (nSPS) is 11.4. The van der Waals surface area contributed by atoms with E-state index in [1.165, 1.54) is 0 Å². The van der Waals surface area contributed by atoms with Gasteiger partial charge in [0.1, 0.15) is 17.2 Å². The Hall–Kier alpha value is -3.35. The van der Waals surface area contributed by atoms with E-state index in [9.17, 15) is 4.79 Å². The van der Waals surface area contributed by atoms with Crippen LogP contribution in [-0.4, -0.2) is 34.1 Å². The molecule has 0 bridgehead atoms. The van der Waals surface area contributed by atoms with Crippen molar-refractivity contribution in [3.63, 3.8) is 0 Å². The van der Waals surface area contributed by atoms with Crippen molar-refractivity contribution in [2.75, 3.05) is 12.4 Å². The van der Waals surface area contributed by atoms with Crippen LogP contribution in [0.1, 0.15) is 96.0 Å². The highest BCUT2D eigenvalue weighted by Gasteiger charge is 2.22. The van der Waals surface area contributed by atoms with Gasteiger partial charge in [0.05, 0.1) is 24.6 Å². The highest BCUT2D eigenvalue weighted by atomic mass is 16.5. The molecule has 7 heteroatoms. The second-order valence-electron chi connectivity index (χ2n) is 9.36. The number of nitrogens with one attached hydrogen (secondary N) is 1. The van der Waals surface area contributed by atoms with E-state index in [2.05, 4.69) is 43.3 Å². The molecule has 1 amide bonds. The molecule has 2 aromatic carbocycles. The molecule has 0 saturated carbocycles.